The van der Waals surface area contributed by atoms with Gasteiger partial charge in [0.05, 0.1) is 12.5 Å². The maximum atomic E-state index is 11.4. The topological polar surface area (TPSA) is 167 Å². The van der Waals surface area contributed by atoms with Crippen molar-refractivity contribution in [3.05, 3.63) is 0 Å². The maximum absolute atomic E-state index is 11.4. The fourth-order valence-electron chi connectivity index (χ4n) is 1.06. The van der Waals surface area contributed by atoms with Crippen molar-refractivity contribution in [2.75, 3.05) is 0 Å². The molecule has 0 aromatic rings. The van der Waals surface area contributed by atoms with E-state index in [2.05, 4.69) is 0 Å². The largest absolute Gasteiger partial charge is 0.481 e. The van der Waals surface area contributed by atoms with E-state index in [1.807, 2.05) is 5.32 Å². The average molecular weight is 262 g/mol. The second kappa shape index (κ2) is 7.22. The molecule has 0 saturated heterocycles. The van der Waals surface area contributed by atoms with Gasteiger partial charge >= 0.3 is 17.9 Å². The third-order valence-corrected chi connectivity index (χ3v) is 2.00. The molecule has 0 aliphatic heterocycles. The van der Waals surface area contributed by atoms with Crippen molar-refractivity contribution in [2.45, 2.75) is 31.3 Å². The minimum absolute atomic E-state index is 0.166. The molecule has 1 amide bonds. The lowest BCUT2D eigenvalue weighted by molar-refractivity contribution is -0.147. The predicted molar refractivity (Wildman–Crippen MR) is 56.7 cm³/mol. The van der Waals surface area contributed by atoms with E-state index in [0.717, 1.165) is 0 Å². The second-order valence-corrected chi connectivity index (χ2v) is 3.54. The highest BCUT2D eigenvalue weighted by Crippen LogP contribution is 1.98. The van der Waals surface area contributed by atoms with Crippen molar-refractivity contribution in [3.8, 4) is 0 Å². The third-order valence-electron chi connectivity index (χ3n) is 2.00. The first kappa shape index (κ1) is 15.8. The van der Waals surface area contributed by atoms with E-state index in [1.165, 1.54) is 0 Å². The van der Waals surface area contributed by atoms with E-state index >= 15 is 0 Å². The van der Waals surface area contributed by atoms with Crippen LogP contribution in [0.4, 0.5) is 0 Å². The van der Waals surface area contributed by atoms with Gasteiger partial charge in [-0.2, -0.15) is 0 Å². The molecule has 0 fully saturated rings. The molecule has 0 aliphatic carbocycles. The molecule has 102 valence electrons. The summed E-state index contributed by atoms with van der Waals surface area (Å²) in [7, 11) is 0. The number of aliphatic carboxylic acids is 3. The number of rotatable bonds is 8. The molecule has 9 heteroatoms. The SMILES string of the molecule is N[C@H](CCC(=O)O)C(=O)N[C@H](CC(=O)O)C(=O)O. The Morgan fingerprint density at radius 3 is 2.00 bits per heavy atom. The first-order chi connectivity index (χ1) is 8.23. The Labute approximate surface area is 102 Å². The summed E-state index contributed by atoms with van der Waals surface area (Å²) in [4.78, 5) is 42.6. The van der Waals surface area contributed by atoms with Crippen LogP contribution in [0.1, 0.15) is 19.3 Å². The molecule has 0 unspecified atom stereocenters. The molecule has 9 nitrogen and oxygen atoms in total. The van der Waals surface area contributed by atoms with E-state index in [-0.39, 0.29) is 12.8 Å². The minimum Gasteiger partial charge on any atom is -0.481 e. The van der Waals surface area contributed by atoms with Crippen LogP contribution in [0.3, 0.4) is 0 Å². The van der Waals surface area contributed by atoms with Crippen LogP contribution in [-0.4, -0.2) is 51.2 Å². The standard InChI is InChI=1S/C9H14N2O7/c10-4(1-2-6(12)13)8(16)11-5(9(17)18)3-7(14)15/h4-5H,1-3,10H2,(H,11,16)(H,12,13)(H,14,15)(H,17,18)/t4-,5-/m1/s1. The van der Waals surface area contributed by atoms with Crippen molar-refractivity contribution in [1.82, 2.24) is 5.32 Å². The van der Waals surface area contributed by atoms with Crippen LogP contribution in [-0.2, 0) is 19.2 Å². The molecule has 0 saturated carbocycles. The van der Waals surface area contributed by atoms with Crippen LogP contribution in [0, 0.1) is 0 Å². The van der Waals surface area contributed by atoms with Crippen molar-refractivity contribution in [2.24, 2.45) is 5.73 Å². The van der Waals surface area contributed by atoms with Crippen molar-refractivity contribution in [1.29, 1.82) is 0 Å². The highest BCUT2D eigenvalue weighted by molar-refractivity contribution is 5.89. The number of nitrogens with one attached hydrogen (secondary N) is 1. The molecule has 0 heterocycles. The van der Waals surface area contributed by atoms with Crippen molar-refractivity contribution < 1.29 is 34.5 Å². The molecular weight excluding hydrogens is 248 g/mol. The Morgan fingerprint density at radius 1 is 1.06 bits per heavy atom. The number of carboxylic acid groups (broad SMARTS) is 3. The first-order valence-corrected chi connectivity index (χ1v) is 4.96. The molecule has 0 aromatic heterocycles. The number of amides is 1. The number of carboxylic acids is 3. The monoisotopic (exact) mass is 262 g/mol. The molecule has 0 rings (SSSR count). The lowest BCUT2D eigenvalue weighted by Crippen LogP contribution is -2.49. The minimum atomic E-state index is -1.59. The molecular formula is C9H14N2O7. The zero-order valence-electron chi connectivity index (χ0n) is 9.33. The number of nitrogens with two attached hydrogens (primary N) is 1. The maximum Gasteiger partial charge on any atom is 0.326 e. The quantitative estimate of drug-likeness (QED) is 0.342. The lowest BCUT2D eigenvalue weighted by Gasteiger charge is -2.15. The fraction of sp³-hybridized carbons (Fsp3) is 0.556. The summed E-state index contributed by atoms with van der Waals surface area (Å²) < 4.78 is 0. The van der Waals surface area contributed by atoms with Gasteiger partial charge in [0, 0.05) is 6.42 Å². The Bertz CT molecular complexity index is 355. The van der Waals surface area contributed by atoms with Gasteiger partial charge in [-0.3, -0.25) is 14.4 Å². The normalized spacial score (nSPS) is 13.4. The summed E-state index contributed by atoms with van der Waals surface area (Å²) in [5, 5.41) is 27.4. The smallest absolute Gasteiger partial charge is 0.326 e. The van der Waals surface area contributed by atoms with Gasteiger partial charge in [0.2, 0.25) is 5.91 Å². The van der Waals surface area contributed by atoms with E-state index < -0.39 is 42.3 Å². The Morgan fingerprint density at radius 2 is 1.61 bits per heavy atom. The Kier molecular flexibility index (Phi) is 6.35. The molecule has 0 radical (unpaired) electrons. The predicted octanol–water partition coefficient (Wildman–Crippen LogP) is -1.78. The summed E-state index contributed by atoms with van der Waals surface area (Å²) in [6, 6.07) is -2.79. The highest BCUT2D eigenvalue weighted by Gasteiger charge is 2.25. The van der Waals surface area contributed by atoms with Gasteiger partial charge in [-0.05, 0) is 6.42 Å². The molecule has 0 aliphatic rings. The van der Waals surface area contributed by atoms with Crippen LogP contribution in [0.25, 0.3) is 0 Å². The van der Waals surface area contributed by atoms with Crippen LogP contribution in [0.2, 0.25) is 0 Å². The van der Waals surface area contributed by atoms with E-state index in [4.69, 9.17) is 21.1 Å². The summed E-state index contributed by atoms with van der Waals surface area (Å²) in [6.07, 6.45) is -1.29. The Hall–Kier alpha value is -2.16. The van der Waals surface area contributed by atoms with Gasteiger partial charge in [0.1, 0.15) is 6.04 Å². The van der Waals surface area contributed by atoms with Crippen LogP contribution >= 0.6 is 0 Å². The van der Waals surface area contributed by atoms with Gasteiger partial charge in [0.25, 0.3) is 0 Å². The van der Waals surface area contributed by atoms with Crippen molar-refractivity contribution in [3.63, 3.8) is 0 Å². The third kappa shape index (κ3) is 6.43. The average Bonchev–Trinajstić information content (AvgIpc) is 2.23. The van der Waals surface area contributed by atoms with Gasteiger partial charge < -0.3 is 26.4 Å². The number of hydrogen-bond donors (Lipinski definition) is 5. The fourth-order valence-corrected chi connectivity index (χ4v) is 1.06. The van der Waals surface area contributed by atoms with Gasteiger partial charge in [-0.1, -0.05) is 0 Å². The zero-order chi connectivity index (χ0) is 14.3. The number of hydrogen-bond acceptors (Lipinski definition) is 5. The van der Waals surface area contributed by atoms with Crippen LogP contribution < -0.4 is 11.1 Å². The molecule has 6 N–H and O–H groups in total. The van der Waals surface area contributed by atoms with E-state index in [1.54, 1.807) is 0 Å². The summed E-state index contributed by atoms with van der Waals surface area (Å²) in [6.45, 7) is 0. The van der Waals surface area contributed by atoms with Crippen LogP contribution in [0.5, 0.6) is 0 Å². The summed E-state index contributed by atoms with van der Waals surface area (Å²) >= 11 is 0. The zero-order valence-corrected chi connectivity index (χ0v) is 9.33. The summed E-state index contributed by atoms with van der Waals surface area (Å²) in [5.41, 5.74) is 5.33. The van der Waals surface area contributed by atoms with Gasteiger partial charge in [0.15, 0.2) is 0 Å². The molecule has 0 aromatic carbocycles. The molecule has 2 atom stereocenters. The lowest BCUT2D eigenvalue weighted by atomic mass is 10.1. The molecule has 0 spiro atoms. The highest BCUT2D eigenvalue weighted by atomic mass is 16.4. The number of carbonyl (C=O) groups excluding carboxylic acids is 1. The van der Waals surface area contributed by atoms with Gasteiger partial charge in [-0.15, -0.1) is 0 Å². The van der Waals surface area contributed by atoms with E-state index in [9.17, 15) is 19.2 Å². The second-order valence-electron chi connectivity index (χ2n) is 3.54. The number of carbonyl (C=O) groups is 4. The van der Waals surface area contributed by atoms with E-state index in [0.29, 0.717) is 0 Å². The van der Waals surface area contributed by atoms with Crippen LogP contribution in [0.15, 0.2) is 0 Å². The molecule has 18 heavy (non-hydrogen) atoms. The summed E-state index contributed by atoms with van der Waals surface area (Å²) in [5.74, 6) is -4.93. The molecule has 0 bridgehead atoms. The Balaban J connectivity index is 4.36. The van der Waals surface area contributed by atoms with Gasteiger partial charge in [-0.25, -0.2) is 4.79 Å². The first-order valence-electron chi connectivity index (χ1n) is 4.96. The van der Waals surface area contributed by atoms with Crippen molar-refractivity contribution >= 4 is 23.8 Å².